The number of oxazole rings is 1. The first kappa shape index (κ1) is 17.7. The van der Waals surface area contributed by atoms with Crippen molar-refractivity contribution in [3.8, 4) is 17.1 Å². The molecule has 2 aromatic carbocycles. The Morgan fingerprint density at radius 3 is 2.54 bits per heavy atom. The number of hydrogen-bond donors (Lipinski definition) is 1. The standard InChI is InChI=1S/C22H20N4O2/c1-16-20(25-22(28-16)18-8-4-2-5-9-18)12-21(27)23-13-17-14-24-26(15-17)19-10-6-3-7-11-19/h2-11,14-15H,12-13H2,1H3,(H,23,27). The number of para-hydroxylation sites is 1. The van der Waals surface area contributed by atoms with E-state index in [4.69, 9.17) is 4.42 Å². The molecule has 0 bridgehead atoms. The number of benzene rings is 2. The summed E-state index contributed by atoms with van der Waals surface area (Å²) in [5, 5.41) is 7.25. The van der Waals surface area contributed by atoms with E-state index in [1.54, 1.807) is 10.9 Å². The SMILES string of the molecule is Cc1oc(-c2ccccc2)nc1CC(=O)NCc1cnn(-c2ccccc2)c1. The maximum Gasteiger partial charge on any atom is 0.226 e. The molecule has 0 saturated heterocycles. The van der Waals surface area contributed by atoms with Crippen LogP contribution in [0.2, 0.25) is 0 Å². The van der Waals surface area contributed by atoms with Gasteiger partial charge < -0.3 is 9.73 Å². The molecule has 28 heavy (non-hydrogen) atoms. The van der Waals surface area contributed by atoms with Gasteiger partial charge in [0.1, 0.15) is 5.76 Å². The maximum absolute atomic E-state index is 12.3. The molecule has 1 amide bonds. The first-order chi connectivity index (χ1) is 13.7. The van der Waals surface area contributed by atoms with Crippen molar-refractivity contribution >= 4 is 5.91 Å². The molecule has 4 rings (SSSR count). The van der Waals surface area contributed by atoms with Crippen molar-refractivity contribution in [1.82, 2.24) is 20.1 Å². The van der Waals surface area contributed by atoms with Crippen LogP contribution in [0.15, 0.2) is 77.5 Å². The fraction of sp³-hybridized carbons (Fsp3) is 0.136. The molecule has 0 aliphatic carbocycles. The van der Waals surface area contributed by atoms with Gasteiger partial charge in [-0.15, -0.1) is 0 Å². The molecule has 140 valence electrons. The van der Waals surface area contributed by atoms with Gasteiger partial charge in [0.15, 0.2) is 0 Å². The van der Waals surface area contributed by atoms with Crippen molar-refractivity contribution in [3.05, 3.63) is 90.1 Å². The molecule has 4 aromatic rings. The number of carbonyl (C=O) groups excluding carboxylic acids is 1. The Kier molecular flexibility index (Phi) is 5.01. The second-order valence-electron chi connectivity index (χ2n) is 6.47. The number of rotatable bonds is 6. The van der Waals surface area contributed by atoms with Gasteiger partial charge in [-0.1, -0.05) is 36.4 Å². The van der Waals surface area contributed by atoms with Gasteiger partial charge in [0.25, 0.3) is 0 Å². The molecular formula is C22H20N4O2. The van der Waals surface area contributed by atoms with E-state index in [0.717, 1.165) is 16.8 Å². The van der Waals surface area contributed by atoms with E-state index in [2.05, 4.69) is 15.4 Å². The van der Waals surface area contributed by atoms with Crippen LogP contribution in [0.5, 0.6) is 0 Å². The zero-order chi connectivity index (χ0) is 19.3. The fourth-order valence-electron chi connectivity index (χ4n) is 2.88. The number of amides is 1. The number of nitrogens with one attached hydrogen (secondary N) is 1. The third kappa shape index (κ3) is 4.01. The van der Waals surface area contributed by atoms with Gasteiger partial charge in [-0.25, -0.2) is 9.67 Å². The Hall–Kier alpha value is -3.67. The lowest BCUT2D eigenvalue weighted by Gasteiger charge is -2.02. The molecule has 0 aliphatic heterocycles. The minimum Gasteiger partial charge on any atom is -0.441 e. The van der Waals surface area contributed by atoms with Gasteiger partial charge in [0, 0.05) is 23.9 Å². The second-order valence-corrected chi connectivity index (χ2v) is 6.47. The average Bonchev–Trinajstić information content (AvgIpc) is 3.35. The van der Waals surface area contributed by atoms with Gasteiger partial charge in [0.2, 0.25) is 11.8 Å². The van der Waals surface area contributed by atoms with E-state index < -0.39 is 0 Å². The molecule has 0 saturated carbocycles. The number of carbonyl (C=O) groups is 1. The summed E-state index contributed by atoms with van der Waals surface area (Å²) < 4.78 is 7.50. The number of nitrogens with zero attached hydrogens (tertiary/aromatic N) is 3. The van der Waals surface area contributed by atoms with Crippen LogP contribution in [0.1, 0.15) is 17.0 Å². The maximum atomic E-state index is 12.3. The van der Waals surface area contributed by atoms with E-state index in [1.165, 1.54) is 0 Å². The van der Waals surface area contributed by atoms with Crippen molar-refractivity contribution in [2.45, 2.75) is 19.9 Å². The summed E-state index contributed by atoms with van der Waals surface area (Å²) in [4.78, 5) is 16.8. The number of aryl methyl sites for hydroxylation is 1. The minimum absolute atomic E-state index is 0.108. The zero-order valence-corrected chi connectivity index (χ0v) is 15.5. The predicted molar refractivity (Wildman–Crippen MR) is 106 cm³/mol. The van der Waals surface area contributed by atoms with Crippen molar-refractivity contribution in [1.29, 1.82) is 0 Å². The molecule has 0 radical (unpaired) electrons. The quantitative estimate of drug-likeness (QED) is 0.560. The second kappa shape index (κ2) is 7.92. The molecule has 1 N–H and O–H groups in total. The van der Waals surface area contributed by atoms with Crippen LogP contribution in [0, 0.1) is 6.92 Å². The molecular weight excluding hydrogens is 352 g/mol. The monoisotopic (exact) mass is 372 g/mol. The van der Waals surface area contributed by atoms with Crippen LogP contribution in [0.4, 0.5) is 0 Å². The van der Waals surface area contributed by atoms with E-state index in [1.807, 2.05) is 73.8 Å². The van der Waals surface area contributed by atoms with E-state index in [-0.39, 0.29) is 12.3 Å². The van der Waals surface area contributed by atoms with Gasteiger partial charge >= 0.3 is 0 Å². The van der Waals surface area contributed by atoms with Gasteiger partial charge in [-0.05, 0) is 31.2 Å². The highest BCUT2D eigenvalue weighted by molar-refractivity contribution is 5.78. The molecule has 0 fully saturated rings. The van der Waals surface area contributed by atoms with E-state index in [9.17, 15) is 4.79 Å². The summed E-state index contributed by atoms with van der Waals surface area (Å²) in [6, 6.07) is 19.5. The summed E-state index contributed by atoms with van der Waals surface area (Å²) in [6.07, 6.45) is 3.83. The summed E-state index contributed by atoms with van der Waals surface area (Å²) in [7, 11) is 0. The highest BCUT2D eigenvalue weighted by atomic mass is 16.4. The predicted octanol–water partition coefficient (Wildman–Crippen LogP) is 3.69. The summed E-state index contributed by atoms with van der Waals surface area (Å²) in [5.41, 5.74) is 3.45. The first-order valence-electron chi connectivity index (χ1n) is 9.06. The topological polar surface area (TPSA) is 73.0 Å². The third-order valence-electron chi connectivity index (χ3n) is 4.39. The van der Waals surface area contributed by atoms with Gasteiger partial charge in [-0.2, -0.15) is 5.10 Å². The molecule has 0 unspecified atom stereocenters. The summed E-state index contributed by atoms with van der Waals surface area (Å²) >= 11 is 0. The van der Waals surface area contributed by atoms with Crippen LogP contribution in [-0.4, -0.2) is 20.7 Å². The lowest BCUT2D eigenvalue weighted by molar-refractivity contribution is -0.120. The Labute approximate surface area is 162 Å². The Bertz CT molecular complexity index is 1070. The molecule has 2 aromatic heterocycles. The van der Waals surface area contributed by atoms with Crippen molar-refractivity contribution in [2.75, 3.05) is 0 Å². The lowest BCUT2D eigenvalue weighted by atomic mass is 10.2. The van der Waals surface area contributed by atoms with Crippen LogP contribution in [0.3, 0.4) is 0 Å². The number of aromatic nitrogens is 3. The lowest BCUT2D eigenvalue weighted by Crippen LogP contribution is -2.24. The number of hydrogen-bond acceptors (Lipinski definition) is 4. The fourth-order valence-corrected chi connectivity index (χ4v) is 2.88. The first-order valence-corrected chi connectivity index (χ1v) is 9.06. The Morgan fingerprint density at radius 1 is 1.07 bits per heavy atom. The Morgan fingerprint density at radius 2 is 1.79 bits per heavy atom. The van der Waals surface area contributed by atoms with Crippen LogP contribution < -0.4 is 5.32 Å². The minimum atomic E-state index is -0.108. The van der Waals surface area contributed by atoms with E-state index >= 15 is 0 Å². The molecule has 0 aliphatic rings. The van der Waals surface area contributed by atoms with Gasteiger partial charge in [-0.3, -0.25) is 4.79 Å². The molecule has 2 heterocycles. The largest absolute Gasteiger partial charge is 0.441 e. The Balaban J connectivity index is 1.37. The zero-order valence-electron chi connectivity index (χ0n) is 15.5. The summed E-state index contributed by atoms with van der Waals surface area (Å²) in [5.74, 6) is 1.08. The van der Waals surface area contributed by atoms with Gasteiger partial charge in [0.05, 0.1) is 24.0 Å². The van der Waals surface area contributed by atoms with Crippen molar-refractivity contribution < 1.29 is 9.21 Å². The smallest absolute Gasteiger partial charge is 0.226 e. The third-order valence-corrected chi connectivity index (χ3v) is 4.39. The molecule has 0 atom stereocenters. The highest BCUT2D eigenvalue weighted by Gasteiger charge is 2.14. The molecule has 0 spiro atoms. The normalized spacial score (nSPS) is 10.8. The highest BCUT2D eigenvalue weighted by Crippen LogP contribution is 2.21. The van der Waals surface area contributed by atoms with Crippen LogP contribution >= 0.6 is 0 Å². The van der Waals surface area contributed by atoms with Crippen molar-refractivity contribution in [3.63, 3.8) is 0 Å². The average molecular weight is 372 g/mol. The van der Waals surface area contributed by atoms with Crippen LogP contribution in [0.25, 0.3) is 17.1 Å². The molecule has 6 heteroatoms. The molecule has 6 nitrogen and oxygen atoms in total. The van der Waals surface area contributed by atoms with Crippen LogP contribution in [-0.2, 0) is 17.8 Å². The summed E-state index contributed by atoms with van der Waals surface area (Å²) in [6.45, 7) is 2.24. The van der Waals surface area contributed by atoms with Crippen molar-refractivity contribution in [2.24, 2.45) is 0 Å². The van der Waals surface area contributed by atoms with E-state index in [0.29, 0.717) is 23.9 Å².